The van der Waals surface area contributed by atoms with E-state index in [0.29, 0.717) is 11.1 Å². The summed E-state index contributed by atoms with van der Waals surface area (Å²) in [5, 5.41) is 4.67. The monoisotopic (exact) mass is 295 g/mol. The van der Waals surface area contributed by atoms with Crippen molar-refractivity contribution in [2.45, 2.75) is 58.0 Å². The molecule has 0 N–H and O–H groups in total. The molecular weight excluding hydrogens is 274 g/mol. The molecule has 1 unspecified atom stereocenters. The van der Waals surface area contributed by atoms with Gasteiger partial charge in [0.05, 0.1) is 17.4 Å². The fourth-order valence-electron chi connectivity index (χ4n) is 3.16. The fraction of sp³-hybridized carbons (Fsp3) is 0.733. The van der Waals surface area contributed by atoms with Gasteiger partial charge in [-0.25, -0.2) is 4.68 Å². The van der Waals surface area contributed by atoms with Crippen molar-refractivity contribution in [2.24, 2.45) is 5.92 Å². The van der Waals surface area contributed by atoms with Gasteiger partial charge in [0.15, 0.2) is 0 Å². The van der Waals surface area contributed by atoms with Crippen molar-refractivity contribution in [3.05, 3.63) is 21.6 Å². The molecule has 1 atom stereocenters. The summed E-state index contributed by atoms with van der Waals surface area (Å²) in [6, 6.07) is 0.555. The molecule has 2 aliphatic rings. The molecule has 20 heavy (non-hydrogen) atoms. The van der Waals surface area contributed by atoms with Crippen LogP contribution in [0.3, 0.4) is 0 Å². The Morgan fingerprint density at radius 2 is 2.00 bits per heavy atom. The third-order valence-electron chi connectivity index (χ3n) is 4.31. The molecule has 4 nitrogen and oxygen atoms in total. The van der Waals surface area contributed by atoms with Crippen LogP contribution in [0.5, 0.6) is 0 Å². The summed E-state index contributed by atoms with van der Waals surface area (Å²) in [5.74, 6) is 0.790. The van der Waals surface area contributed by atoms with Gasteiger partial charge in [0.25, 0.3) is 5.56 Å². The van der Waals surface area contributed by atoms with Crippen LogP contribution in [-0.2, 0) is 5.54 Å². The molecular formula is C15H22ClN3O. The Bertz CT molecular complexity index is 571. The first-order chi connectivity index (χ1) is 9.39. The molecule has 1 aromatic rings. The zero-order chi connectivity index (χ0) is 14.5. The second-order valence-corrected chi connectivity index (χ2v) is 7.35. The Balaban J connectivity index is 1.99. The highest BCUT2D eigenvalue weighted by Crippen LogP contribution is 2.42. The lowest BCUT2D eigenvalue weighted by Gasteiger charge is -2.28. The van der Waals surface area contributed by atoms with Crippen LogP contribution in [0.4, 0.5) is 5.69 Å². The molecule has 1 saturated carbocycles. The number of rotatable bonds is 2. The second kappa shape index (κ2) is 4.76. The van der Waals surface area contributed by atoms with Gasteiger partial charge in [0.2, 0.25) is 0 Å². The average Bonchev–Trinajstić information content (AvgIpc) is 3.10. The number of halogens is 1. The third kappa shape index (κ3) is 2.34. The maximum absolute atomic E-state index is 12.4. The van der Waals surface area contributed by atoms with E-state index in [1.165, 1.54) is 30.4 Å². The van der Waals surface area contributed by atoms with Crippen molar-refractivity contribution in [2.75, 3.05) is 11.4 Å². The van der Waals surface area contributed by atoms with Gasteiger partial charge in [0.1, 0.15) is 5.02 Å². The molecule has 110 valence electrons. The molecule has 0 amide bonds. The van der Waals surface area contributed by atoms with Crippen molar-refractivity contribution in [1.29, 1.82) is 0 Å². The van der Waals surface area contributed by atoms with Gasteiger partial charge in [-0.15, -0.1) is 0 Å². The smallest absolute Gasteiger partial charge is 0.288 e. The van der Waals surface area contributed by atoms with E-state index in [9.17, 15) is 4.79 Å². The molecule has 0 spiro atoms. The highest BCUT2D eigenvalue weighted by Gasteiger charge is 2.39. The molecule has 0 bridgehead atoms. The minimum Gasteiger partial charge on any atom is -0.366 e. The number of nitrogens with zero attached hydrogens (tertiary/aromatic N) is 3. The van der Waals surface area contributed by atoms with Gasteiger partial charge in [-0.05, 0) is 52.4 Å². The Morgan fingerprint density at radius 1 is 1.30 bits per heavy atom. The molecule has 3 rings (SSSR count). The minimum atomic E-state index is -0.347. The van der Waals surface area contributed by atoms with E-state index in [-0.39, 0.29) is 11.1 Å². The Kier molecular flexibility index (Phi) is 3.32. The van der Waals surface area contributed by atoms with E-state index in [1.54, 1.807) is 6.20 Å². The first-order valence-corrected chi connectivity index (χ1v) is 7.82. The second-order valence-electron chi connectivity index (χ2n) is 6.97. The van der Waals surface area contributed by atoms with Crippen molar-refractivity contribution < 1.29 is 0 Å². The van der Waals surface area contributed by atoms with Crippen LogP contribution in [-0.4, -0.2) is 22.4 Å². The Labute approximate surface area is 124 Å². The van der Waals surface area contributed by atoms with Gasteiger partial charge in [-0.1, -0.05) is 11.6 Å². The van der Waals surface area contributed by atoms with Gasteiger partial charge in [0, 0.05) is 12.6 Å². The maximum Gasteiger partial charge on any atom is 0.288 e. The summed E-state index contributed by atoms with van der Waals surface area (Å²) in [6.45, 7) is 6.86. The standard InChI is InChI=1S/C15H22ClN3O/c1-15(2,3)19-14(20)13(16)12(9-17-19)18-8-4-5-11(18)10-6-7-10/h9-11H,4-8H2,1-3H3. The van der Waals surface area contributed by atoms with E-state index in [1.807, 2.05) is 20.8 Å². The van der Waals surface area contributed by atoms with Gasteiger partial charge in [-0.2, -0.15) is 5.10 Å². The summed E-state index contributed by atoms with van der Waals surface area (Å²) in [4.78, 5) is 14.7. The predicted octanol–water partition coefficient (Wildman–Crippen LogP) is 3.03. The number of anilines is 1. The molecule has 2 fully saturated rings. The third-order valence-corrected chi connectivity index (χ3v) is 4.67. The number of hydrogen-bond acceptors (Lipinski definition) is 3. The summed E-state index contributed by atoms with van der Waals surface area (Å²) in [5.41, 5.74) is 0.296. The fourth-order valence-corrected chi connectivity index (χ4v) is 3.40. The lowest BCUT2D eigenvalue weighted by Crippen LogP contribution is -2.38. The average molecular weight is 296 g/mol. The quantitative estimate of drug-likeness (QED) is 0.842. The van der Waals surface area contributed by atoms with Crippen LogP contribution in [0.1, 0.15) is 46.5 Å². The zero-order valence-electron chi connectivity index (χ0n) is 12.4. The van der Waals surface area contributed by atoms with Gasteiger partial charge >= 0.3 is 0 Å². The van der Waals surface area contributed by atoms with E-state index >= 15 is 0 Å². The normalized spacial score (nSPS) is 23.4. The van der Waals surface area contributed by atoms with Crippen LogP contribution < -0.4 is 10.5 Å². The largest absolute Gasteiger partial charge is 0.366 e. The summed E-state index contributed by atoms with van der Waals surface area (Å²) >= 11 is 6.36. The molecule has 2 heterocycles. The summed E-state index contributed by atoms with van der Waals surface area (Å²) < 4.78 is 1.47. The molecule has 1 aromatic heterocycles. The highest BCUT2D eigenvalue weighted by molar-refractivity contribution is 6.33. The van der Waals surface area contributed by atoms with Crippen molar-refractivity contribution in [3.63, 3.8) is 0 Å². The molecule has 1 saturated heterocycles. The van der Waals surface area contributed by atoms with Crippen LogP contribution in [0.2, 0.25) is 5.02 Å². The number of aromatic nitrogens is 2. The van der Waals surface area contributed by atoms with E-state index < -0.39 is 0 Å². The van der Waals surface area contributed by atoms with Gasteiger partial charge < -0.3 is 4.90 Å². The Hall–Kier alpha value is -1.03. The van der Waals surface area contributed by atoms with Crippen molar-refractivity contribution in [1.82, 2.24) is 9.78 Å². The molecule has 1 aliphatic carbocycles. The molecule has 0 aromatic carbocycles. The van der Waals surface area contributed by atoms with Crippen LogP contribution in [0, 0.1) is 5.92 Å². The molecule has 5 heteroatoms. The lowest BCUT2D eigenvalue weighted by molar-refractivity contribution is 0.338. The van der Waals surface area contributed by atoms with Crippen LogP contribution in [0.25, 0.3) is 0 Å². The first-order valence-electron chi connectivity index (χ1n) is 7.44. The molecule has 0 radical (unpaired) electrons. The highest BCUT2D eigenvalue weighted by atomic mass is 35.5. The SMILES string of the molecule is CC(C)(C)n1ncc(N2CCCC2C2CC2)c(Cl)c1=O. The van der Waals surface area contributed by atoms with Gasteiger partial charge in [-0.3, -0.25) is 4.79 Å². The zero-order valence-corrected chi connectivity index (χ0v) is 13.2. The summed E-state index contributed by atoms with van der Waals surface area (Å²) in [7, 11) is 0. The summed E-state index contributed by atoms with van der Waals surface area (Å²) in [6.07, 6.45) is 6.79. The molecule has 1 aliphatic heterocycles. The predicted molar refractivity (Wildman–Crippen MR) is 81.6 cm³/mol. The minimum absolute atomic E-state index is 0.182. The van der Waals surface area contributed by atoms with Crippen molar-refractivity contribution in [3.8, 4) is 0 Å². The lowest BCUT2D eigenvalue weighted by atomic mass is 10.1. The van der Waals surface area contributed by atoms with Crippen LogP contribution >= 0.6 is 11.6 Å². The van der Waals surface area contributed by atoms with E-state index in [0.717, 1.165) is 18.2 Å². The first kappa shape index (κ1) is 13.9. The maximum atomic E-state index is 12.4. The Morgan fingerprint density at radius 3 is 2.60 bits per heavy atom. The van der Waals surface area contributed by atoms with Crippen LogP contribution in [0.15, 0.2) is 11.0 Å². The topological polar surface area (TPSA) is 38.1 Å². The van der Waals surface area contributed by atoms with E-state index in [4.69, 9.17) is 11.6 Å². The number of hydrogen-bond donors (Lipinski definition) is 0. The van der Waals surface area contributed by atoms with Crippen molar-refractivity contribution >= 4 is 17.3 Å². The van der Waals surface area contributed by atoms with E-state index in [2.05, 4.69) is 10.00 Å².